The number of fused-ring (bicyclic) bond motifs is 1. The molecule has 0 amide bonds. The maximum atomic E-state index is 11.4. The van der Waals surface area contributed by atoms with Crippen LogP contribution in [0.2, 0.25) is 0 Å². The Morgan fingerprint density at radius 3 is 3.00 bits per heavy atom. The van der Waals surface area contributed by atoms with Gasteiger partial charge in [-0.05, 0) is 18.6 Å². The van der Waals surface area contributed by atoms with E-state index in [9.17, 15) is 9.90 Å². The van der Waals surface area contributed by atoms with Gasteiger partial charge in [0.1, 0.15) is 6.33 Å². The highest BCUT2D eigenvalue weighted by Crippen LogP contribution is 2.28. The van der Waals surface area contributed by atoms with Crippen molar-refractivity contribution in [2.45, 2.75) is 20.0 Å². The Hall–Kier alpha value is -2.37. The minimum atomic E-state index is -0.897. The fourth-order valence-electron chi connectivity index (χ4n) is 2.51. The van der Waals surface area contributed by atoms with Crippen molar-refractivity contribution in [3.63, 3.8) is 0 Å². The van der Waals surface area contributed by atoms with E-state index in [1.807, 2.05) is 17.6 Å². The van der Waals surface area contributed by atoms with Gasteiger partial charge < -0.3 is 14.6 Å². The first-order valence-electron chi connectivity index (χ1n) is 6.11. The van der Waals surface area contributed by atoms with Gasteiger partial charge in [0.05, 0.1) is 17.8 Å². The lowest BCUT2D eigenvalue weighted by Crippen LogP contribution is -2.35. The number of carboxylic acid groups (broad SMARTS) is 1. The molecule has 1 aliphatic rings. The third kappa shape index (κ3) is 1.95. The SMILES string of the molecule is Cc1cccc(C(=O)O)c1N1CCn2cnnc2C1. The third-order valence-electron chi connectivity index (χ3n) is 3.42. The van der Waals surface area contributed by atoms with Gasteiger partial charge in [-0.25, -0.2) is 4.79 Å². The van der Waals surface area contributed by atoms with Crippen molar-refractivity contribution in [2.75, 3.05) is 11.4 Å². The average Bonchev–Trinajstić information content (AvgIpc) is 2.85. The van der Waals surface area contributed by atoms with E-state index < -0.39 is 5.97 Å². The van der Waals surface area contributed by atoms with Crippen molar-refractivity contribution >= 4 is 11.7 Å². The number of aryl methyl sites for hydroxylation is 1. The molecule has 1 aliphatic heterocycles. The lowest BCUT2D eigenvalue weighted by molar-refractivity contribution is 0.0697. The number of hydrogen-bond donors (Lipinski definition) is 1. The number of para-hydroxylation sites is 1. The second kappa shape index (κ2) is 4.38. The van der Waals surface area contributed by atoms with Crippen LogP contribution in [0.25, 0.3) is 0 Å². The maximum Gasteiger partial charge on any atom is 0.337 e. The van der Waals surface area contributed by atoms with Crippen molar-refractivity contribution in [3.05, 3.63) is 41.5 Å². The van der Waals surface area contributed by atoms with Crippen LogP contribution in [-0.2, 0) is 13.1 Å². The van der Waals surface area contributed by atoms with Crippen molar-refractivity contribution in [2.24, 2.45) is 0 Å². The monoisotopic (exact) mass is 258 g/mol. The largest absolute Gasteiger partial charge is 0.478 e. The van der Waals surface area contributed by atoms with Crippen LogP contribution in [0.1, 0.15) is 21.7 Å². The maximum absolute atomic E-state index is 11.4. The summed E-state index contributed by atoms with van der Waals surface area (Å²) in [4.78, 5) is 13.4. The molecule has 2 heterocycles. The molecule has 0 saturated heterocycles. The van der Waals surface area contributed by atoms with Gasteiger partial charge >= 0.3 is 5.97 Å². The van der Waals surface area contributed by atoms with Gasteiger partial charge in [-0.15, -0.1) is 10.2 Å². The molecule has 98 valence electrons. The predicted molar refractivity (Wildman–Crippen MR) is 69.2 cm³/mol. The topological polar surface area (TPSA) is 71.2 Å². The first-order chi connectivity index (χ1) is 9.16. The molecule has 1 aromatic carbocycles. The van der Waals surface area contributed by atoms with E-state index in [2.05, 4.69) is 15.1 Å². The summed E-state index contributed by atoms with van der Waals surface area (Å²) < 4.78 is 2.00. The number of carbonyl (C=O) groups is 1. The highest BCUT2D eigenvalue weighted by Gasteiger charge is 2.23. The molecule has 19 heavy (non-hydrogen) atoms. The van der Waals surface area contributed by atoms with Crippen LogP contribution in [0.3, 0.4) is 0 Å². The van der Waals surface area contributed by atoms with Gasteiger partial charge in [0.25, 0.3) is 0 Å². The third-order valence-corrected chi connectivity index (χ3v) is 3.42. The fraction of sp³-hybridized carbons (Fsp3) is 0.308. The number of anilines is 1. The van der Waals surface area contributed by atoms with E-state index in [1.54, 1.807) is 18.5 Å². The summed E-state index contributed by atoms with van der Waals surface area (Å²) >= 11 is 0. The van der Waals surface area contributed by atoms with Crippen LogP contribution in [0, 0.1) is 6.92 Å². The number of benzene rings is 1. The van der Waals surface area contributed by atoms with Crippen LogP contribution in [0.15, 0.2) is 24.5 Å². The molecule has 0 fully saturated rings. The van der Waals surface area contributed by atoms with Gasteiger partial charge in [-0.2, -0.15) is 0 Å². The predicted octanol–water partition coefficient (Wildman–Crippen LogP) is 1.30. The number of rotatable bonds is 2. The summed E-state index contributed by atoms with van der Waals surface area (Å²) in [5, 5.41) is 17.3. The van der Waals surface area contributed by atoms with Gasteiger partial charge in [-0.1, -0.05) is 12.1 Å². The van der Waals surface area contributed by atoms with Crippen molar-refractivity contribution in [1.29, 1.82) is 0 Å². The first-order valence-corrected chi connectivity index (χ1v) is 6.11. The zero-order valence-electron chi connectivity index (χ0n) is 10.6. The molecule has 0 aliphatic carbocycles. The summed E-state index contributed by atoms with van der Waals surface area (Å²) in [5.74, 6) is -0.0309. The molecule has 0 unspecified atom stereocenters. The smallest absolute Gasteiger partial charge is 0.337 e. The molecule has 0 radical (unpaired) electrons. The Kier molecular flexibility index (Phi) is 2.70. The Morgan fingerprint density at radius 1 is 1.37 bits per heavy atom. The molecule has 6 nitrogen and oxygen atoms in total. The Bertz CT molecular complexity index is 635. The van der Waals surface area contributed by atoms with Gasteiger partial charge in [-0.3, -0.25) is 0 Å². The minimum Gasteiger partial charge on any atom is -0.478 e. The van der Waals surface area contributed by atoms with E-state index >= 15 is 0 Å². The molecule has 1 aromatic heterocycles. The Morgan fingerprint density at radius 2 is 2.21 bits per heavy atom. The minimum absolute atomic E-state index is 0.341. The number of nitrogens with zero attached hydrogens (tertiary/aromatic N) is 4. The van der Waals surface area contributed by atoms with Crippen LogP contribution in [-0.4, -0.2) is 32.4 Å². The van der Waals surface area contributed by atoms with E-state index in [1.165, 1.54) is 0 Å². The normalized spacial score (nSPS) is 14.3. The van der Waals surface area contributed by atoms with Gasteiger partial charge in [0.2, 0.25) is 0 Å². The number of aromatic nitrogens is 3. The molecule has 0 saturated carbocycles. The van der Waals surface area contributed by atoms with Crippen molar-refractivity contribution in [1.82, 2.24) is 14.8 Å². The van der Waals surface area contributed by atoms with Crippen LogP contribution in [0.4, 0.5) is 5.69 Å². The number of hydrogen-bond acceptors (Lipinski definition) is 4. The van der Waals surface area contributed by atoms with E-state index in [-0.39, 0.29) is 0 Å². The lowest BCUT2D eigenvalue weighted by Gasteiger charge is -2.31. The summed E-state index contributed by atoms with van der Waals surface area (Å²) in [5.41, 5.74) is 2.09. The van der Waals surface area contributed by atoms with Gasteiger partial charge in [0, 0.05) is 13.1 Å². The highest BCUT2D eigenvalue weighted by atomic mass is 16.4. The van der Waals surface area contributed by atoms with E-state index in [4.69, 9.17) is 0 Å². The molecular weight excluding hydrogens is 244 g/mol. The van der Waals surface area contributed by atoms with Crippen LogP contribution >= 0.6 is 0 Å². The summed E-state index contributed by atoms with van der Waals surface area (Å²) in [6, 6.07) is 5.35. The van der Waals surface area contributed by atoms with Gasteiger partial charge in [0.15, 0.2) is 5.82 Å². The fourth-order valence-corrected chi connectivity index (χ4v) is 2.51. The second-order valence-corrected chi connectivity index (χ2v) is 4.64. The molecule has 0 bridgehead atoms. The molecule has 0 atom stereocenters. The first kappa shape index (κ1) is 11.7. The molecule has 3 rings (SSSR count). The van der Waals surface area contributed by atoms with Crippen molar-refractivity contribution < 1.29 is 9.90 Å². The Labute approximate surface area is 110 Å². The average molecular weight is 258 g/mol. The molecule has 0 spiro atoms. The summed E-state index contributed by atoms with van der Waals surface area (Å²) in [6.07, 6.45) is 1.71. The van der Waals surface area contributed by atoms with E-state index in [0.29, 0.717) is 12.1 Å². The summed E-state index contributed by atoms with van der Waals surface area (Å²) in [7, 11) is 0. The lowest BCUT2D eigenvalue weighted by atomic mass is 10.1. The highest BCUT2D eigenvalue weighted by molar-refractivity contribution is 5.95. The van der Waals surface area contributed by atoms with Crippen LogP contribution < -0.4 is 4.90 Å². The summed E-state index contributed by atoms with van der Waals surface area (Å²) in [6.45, 7) is 4.05. The zero-order chi connectivity index (χ0) is 13.4. The van der Waals surface area contributed by atoms with E-state index in [0.717, 1.165) is 30.2 Å². The van der Waals surface area contributed by atoms with Crippen molar-refractivity contribution in [3.8, 4) is 0 Å². The number of aromatic carboxylic acids is 1. The molecule has 1 N–H and O–H groups in total. The Balaban J connectivity index is 2.02. The molecular formula is C13H14N4O2. The number of carboxylic acids is 1. The zero-order valence-corrected chi connectivity index (χ0v) is 10.6. The molecule has 2 aromatic rings. The van der Waals surface area contributed by atoms with Crippen LogP contribution in [0.5, 0.6) is 0 Å². The standard InChI is InChI=1S/C13H14N4O2/c1-9-3-2-4-10(13(18)19)12(9)16-5-6-17-8-14-15-11(17)7-16/h2-4,8H,5-7H2,1H3,(H,18,19). The molecule has 6 heteroatoms. The second-order valence-electron chi connectivity index (χ2n) is 4.64. The quantitative estimate of drug-likeness (QED) is 0.879.